The Labute approximate surface area is 127 Å². The maximum absolute atomic E-state index is 11.7. The summed E-state index contributed by atoms with van der Waals surface area (Å²) in [6.45, 7) is 11.7. The average molecular weight is 302 g/mol. The van der Waals surface area contributed by atoms with Gasteiger partial charge in [-0.3, -0.25) is 9.59 Å². The van der Waals surface area contributed by atoms with E-state index >= 15 is 0 Å². The molecule has 0 radical (unpaired) electrons. The molecule has 0 aliphatic rings. The summed E-state index contributed by atoms with van der Waals surface area (Å²) in [6, 6.07) is 0. The number of ether oxygens (including phenoxy) is 1. The number of nitrogens with one attached hydrogen (secondary N) is 2. The van der Waals surface area contributed by atoms with Crippen molar-refractivity contribution >= 4 is 11.8 Å². The summed E-state index contributed by atoms with van der Waals surface area (Å²) in [7, 11) is 0. The van der Waals surface area contributed by atoms with Crippen molar-refractivity contribution in [3.63, 3.8) is 0 Å². The van der Waals surface area contributed by atoms with Crippen molar-refractivity contribution in [1.82, 2.24) is 10.6 Å². The summed E-state index contributed by atoms with van der Waals surface area (Å²) < 4.78 is 5.71. The molecule has 0 heterocycles. The summed E-state index contributed by atoms with van der Waals surface area (Å²) in [5.41, 5.74) is -0.538. The first-order valence-corrected chi connectivity index (χ1v) is 7.42. The van der Waals surface area contributed by atoms with Gasteiger partial charge in [-0.2, -0.15) is 0 Å². The van der Waals surface area contributed by atoms with Gasteiger partial charge in [0.05, 0.1) is 24.2 Å². The van der Waals surface area contributed by atoms with Gasteiger partial charge in [-0.15, -0.1) is 0 Å². The lowest BCUT2D eigenvalue weighted by Gasteiger charge is -2.27. The highest BCUT2D eigenvalue weighted by Crippen LogP contribution is 2.11. The van der Waals surface area contributed by atoms with E-state index in [-0.39, 0.29) is 36.8 Å². The van der Waals surface area contributed by atoms with E-state index in [0.717, 1.165) is 0 Å². The van der Waals surface area contributed by atoms with Crippen molar-refractivity contribution in [2.24, 2.45) is 11.8 Å². The Kier molecular flexibility index (Phi) is 8.51. The Bertz CT molecular complexity index is 341. The van der Waals surface area contributed by atoms with Crippen molar-refractivity contribution in [2.45, 2.75) is 53.2 Å². The van der Waals surface area contributed by atoms with Gasteiger partial charge in [0.1, 0.15) is 0 Å². The van der Waals surface area contributed by atoms with Crippen LogP contribution in [0.2, 0.25) is 0 Å². The summed E-state index contributed by atoms with van der Waals surface area (Å²) in [5.74, 6) is -0.554. The van der Waals surface area contributed by atoms with Gasteiger partial charge in [-0.05, 0) is 20.8 Å². The van der Waals surface area contributed by atoms with Crippen molar-refractivity contribution in [1.29, 1.82) is 0 Å². The first-order valence-electron chi connectivity index (χ1n) is 7.42. The van der Waals surface area contributed by atoms with E-state index in [1.165, 1.54) is 0 Å². The summed E-state index contributed by atoms with van der Waals surface area (Å²) >= 11 is 0. The molecule has 0 aromatic heterocycles. The Hall–Kier alpha value is -1.14. The van der Waals surface area contributed by atoms with Crippen molar-refractivity contribution in [3.8, 4) is 0 Å². The molecule has 0 aromatic carbocycles. The molecule has 3 N–H and O–H groups in total. The lowest BCUT2D eigenvalue weighted by molar-refractivity contribution is -0.131. The molecular formula is C15H30N2O4. The highest BCUT2D eigenvalue weighted by Gasteiger charge is 2.23. The van der Waals surface area contributed by atoms with Crippen LogP contribution < -0.4 is 10.6 Å². The Balaban J connectivity index is 4.11. The maximum atomic E-state index is 11.7. The smallest absolute Gasteiger partial charge is 0.225 e. The molecule has 0 aliphatic carbocycles. The third-order valence-electron chi connectivity index (χ3n) is 2.96. The first kappa shape index (κ1) is 19.9. The summed E-state index contributed by atoms with van der Waals surface area (Å²) in [6.07, 6.45) is -0.565. The Morgan fingerprint density at radius 2 is 1.67 bits per heavy atom. The van der Waals surface area contributed by atoms with E-state index in [9.17, 15) is 9.59 Å². The van der Waals surface area contributed by atoms with Crippen molar-refractivity contribution in [3.05, 3.63) is 0 Å². The molecule has 2 amide bonds. The highest BCUT2D eigenvalue weighted by atomic mass is 16.5. The van der Waals surface area contributed by atoms with E-state index in [1.807, 2.05) is 27.7 Å². The summed E-state index contributed by atoms with van der Waals surface area (Å²) in [4.78, 5) is 23.3. The fourth-order valence-corrected chi connectivity index (χ4v) is 1.40. The minimum absolute atomic E-state index is 0.0191. The third kappa shape index (κ3) is 9.42. The SMILES string of the molecule is CC(O)CNC(=O)C(C)COC(C)(C)CNC(=O)C(C)C. The molecule has 6 nitrogen and oxygen atoms in total. The number of carbonyl (C=O) groups excluding carboxylic acids is 2. The van der Waals surface area contributed by atoms with Crippen LogP contribution in [0.25, 0.3) is 0 Å². The van der Waals surface area contributed by atoms with E-state index in [2.05, 4.69) is 10.6 Å². The van der Waals surface area contributed by atoms with E-state index in [0.29, 0.717) is 6.54 Å². The summed E-state index contributed by atoms with van der Waals surface area (Å²) in [5, 5.41) is 14.6. The van der Waals surface area contributed by atoms with Crippen LogP contribution in [-0.2, 0) is 14.3 Å². The van der Waals surface area contributed by atoms with Gasteiger partial charge < -0.3 is 20.5 Å². The Morgan fingerprint density at radius 1 is 1.10 bits per heavy atom. The zero-order valence-corrected chi connectivity index (χ0v) is 14.0. The predicted octanol–water partition coefficient (Wildman–Crippen LogP) is 0.687. The molecule has 0 rings (SSSR count). The normalized spacial score (nSPS) is 14.7. The van der Waals surface area contributed by atoms with Crippen molar-refractivity contribution < 1.29 is 19.4 Å². The second-order valence-corrected chi connectivity index (χ2v) is 6.44. The molecular weight excluding hydrogens is 272 g/mol. The van der Waals surface area contributed by atoms with Gasteiger partial charge in [0, 0.05) is 19.0 Å². The standard InChI is InChI=1S/C15H30N2O4/c1-10(2)13(19)17-9-15(5,6)21-8-11(3)14(20)16-7-12(4)18/h10-12,18H,7-9H2,1-6H3,(H,16,20)(H,17,19). The quantitative estimate of drug-likeness (QED) is 0.585. The molecule has 6 heteroatoms. The molecule has 0 aliphatic heterocycles. The van der Waals surface area contributed by atoms with Crippen LogP contribution >= 0.6 is 0 Å². The van der Waals surface area contributed by atoms with Crippen LogP contribution in [0.5, 0.6) is 0 Å². The molecule has 2 unspecified atom stereocenters. The van der Waals surface area contributed by atoms with Crippen LogP contribution in [0.4, 0.5) is 0 Å². The van der Waals surface area contributed by atoms with E-state index < -0.39 is 11.7 Å². The average Bonchev–Trinajstić information content (AvgIpc) is 2.39. The number of aliphatic hydroxyl groups excluding tert-OH is 1. The van der Waals surface area contributed by atoms with Gasteiger partial charge in [0.2, 0.25) is 11.8 Å². The van der Waals surface area contributed by atoms with E-state index in [1.54, 1.807) is 13.8 Å². The second-order valence-electron chi connectivity index (χ2n) is 6.44. The second kappa shape index (κ2) is 9.00. The minimum Gasteiger partial charge on any atom is -0.392 e. The third-order valence-corrected chi connectivity index (χ3v) is 2.96. The topological polar surface area (TPSA) is 87.7 Å². The first-order chi connectivity index (χ1) is 9.55. The van der Waals surface area contributed by atoms with Crippen LogP contribution in [0.1, 0.15) is 41.5 Å². The molecule has 0 saturated heterocycles. The van der Waals surface area contributed by atoms with Gasteiger partial charge in [-0.25, -0.2) is 0 Å². The molecule has 21 heavy (non-hydrogen) atoms. The van der Waals surface area contributed by atoms with Gasteiger partial charge >= 0.3 is 0 Å². The van der Waals surface area contributed by atoms with Crippen LogP contribution in [-0.4, -0.2) is 48.3 Å². The van der Waals surface area contributed by atoms with Crippen LogP contribution in [0.15, 0.2) is 0 Å². The number of hydrogen-bond acceptors (Lipinski definition) is 4. The van der Waals surface area contributed by atoms with Crippen molar-refractivity contribution in [2.75, 3.05) is 19.7 Å². The van der Waals surface area contributed by atoms with Gasteiger partial charge in [-0.1, -0.05) is 20.8 Å². The lowest BCUT2D eigenvalue weighted by atomic mass is 10.1. The molecule has 0 fully saturated rings. The monoisotopic (exact) mass is 302 g/mol. The largest absolute Gasteiger partial charge is 0.392 e. The predicted molar refractivity (Wildman–Crippen MR) is 81.7 cm³/mol. The minimum atomic E-state index is -0.565. The molecule has 0 aromatic rings. The Morgan fingerprint density at radius 3 is 2.14 bits per heavy atom. The molecule has 0 saturated carbocycles. The zero-order chi connectivity index (χ0) is 16.6. The van der Waals surface area contributed by atoms with Gasteiger partial charge in [0.15, 0.2) is 0 Å². The number of carbonyl (C=O) groups is 2. The zero-order valence-electron chi connectivity index (χ0n) is 14.0. The van der Waals surface area contributed by atoms with E-state index in [4.69, 9.17) is 9.84 Å². The number of rotatable bonds is 9. The number of aliphatic hydroxyl groups is 1. The highest BCUT2D eigenvalue weighted by molar-refractivity contribution is 5.78. The number of amides is 2. The fourth-order valence-electron chi connectivity index (χ4n) is 1.40. The maximum Gasteiger partial charge on any atom is 0.225 e. The fraction of sp³-hybridized carbons (Fsp3) is 0.867. The van der Waals surface area contributed by atoms with Crippen LogP contribution in [0, 0.1) is 11.8 Å². The lowest BCUT2D eigenvalue weighted by Crippen LogP contribution is -2.44. The van der Waals surface area contributed by atoms with Crippen LogP contribution in [0.3, 0.4) is 0 Å². The number of hydrogen-bond donors (Lipinski definition) is 3. The molecule has 0 spiro atoms. The van der Waals surface area contributed by atoms with Gasteiger partial charge in [0.25, 0.3) is 0 Å². The molecule has 2 atom stereocenters. The molecule has 0 bridgehead atoms. The molecule has 124 valence electrons.